The second-order valence-electron chi connectivity index (χ2n) is 5.20. The number of ether oxygens (including phenoxy) is 1. The summed E-state index contributed by atoms with van der Waals surface area (Å²) < 4.78 is 10.8. The van der Waals surface area contributed by atoms with Crippen molar-refractivity contribution < 1.29 is 9.15 Å². The summed E-state index contributed by atoms with van der Waals surface area (Å²) >= 11 is 0. The zero-order valence-electron chi connectivity index (χ0n) is 11.5. The van der Waals surface area contributed by atoms with Crippen molar-refractivity contribution in [3.8, 4) is 6.08 Å². The molecule has 18 heavy (non-hydrogen) atoms. The first-order chi connectivity index (χ1) is 8.65. The summed E-state index contributed by atoms with van der Waals surface area (Å²) in [5.74, 6) is 0. The molecule has 0 amide bonds. The van der Waals surface area contributed by atoms with Gasteiger partial charge in [0.15, 0.2) is 0 Å². The Labute approximate surface area is 109 Å². The highest BCUT2D eigenvalue weighted by atomic mass is 16.6. The molecule has 1 aromatic heterocycles. The molecule has 1 aliphatic rings. The molecule has 5 nitrogen and oxygen atoms in total. The van der Waals surface area contributed by atoms with E-state index in [2.05, 4.69) is 36.1 Å². The summed E-state index contributed by atoms with van der Waals surface area (Å²) in [4.78, 5) is 6.59. The van der Waals surface area contributed by atoms with Gasteiger partial charge in [0.05, 0.1) is 5.69 Å². The Bertz CT molecular complexity index is 361. The van der Waals surface area contributed by atoms with Crippen LogP contribution in [0.1, 0.15) is 32.4 Å². The molecule has 0 aromatic carbocycles. The molecule has 1 heterocycles. The maximum atomic E-state index is 5.49. The van der Waals surface area contributed by atoms with Gasteiger partial charge in [0.2, 0.25) is 0 Å². The highest BCUT2D eigenvalue weighted by Crippen LogP contribution is 2.24. The van der Waals surface area contributed by atoms with Gasteiger partial charge in [0.1, 0.15) is 12.9 Å². The summed E-state index contributed by atoms with van der Waals surface area (Å²) in [5.41, 5.74) is 0.884. The molecule has 1 saturated carbocycles. The zero-order valence-corrected chi connectivity index (χ0v) is 11.5. The zero-order chi connectivity index (χ0) is 13.0. The lowest BCUT2D eigenvalue weighted by Crippen LogP contribution is -2.26. The third-order valence-electron chi connectivity index (χ3n) is 3.06. The van der Waals surface area contributed by atoms with Crippen LogP contribution in [0.25, 0.3) is 0 Å². The second-order valence-corrected chi connectivity index (χ2v) is 5.20. The molecule has 0 saturated heterocycles. The van der Waals surface area contributed by atoms with Crippen molar-refractivity contribution in [1.82, 2.24) is 15.2 Å². The molecule has 0 spiro atoms. The fourth-order valence-electron chi connectivity index (χ4n) is 1.72. The van der Waals surface area contributed by atoms with Crippen LogP contribution in [0.3, 0.4) is 0 Å². The number of hydrogen-bond acceptors (Lipinski definition) is 5. The highest BCUT2D eigenvalue weighted by Gasteiger charge is 2.25. The number of likely N-dealkylation sites (N-methyl/N-ethyl adjacent to an activating group) is 1. The molecule has 1 fully saturated rings. The fourth-order valence-corrected chi connectivity index (χ4v) is 1.72. The van der Waals surface area contributed by atoms with Crippen molar-refractivity contribution >= 4 is 0 Å². The molecular formula is C13H23N3O2. The smallest absolute Gasteiger partial charge is 0.393 e. The van der Waals surface area contributed by atoms with Crippen molar-refractivity contribution in [1.29, 1.82) is 0 Å². The van der Waals surface area contributed by atoms with E-state index in [1.165, 1.54) is 12.8 Å². The first-order valence-electron chi connectivity index (χ1n) is 6.66. The summed E-state index contributed by atoms with van der Waals surface area (Å²) in [6.45, 7) is 6.47. The fraction of sp³-hybridized carbons (Fsp3) is 0.769. The van der Waals surface area contributed by atoms with Crippen molar-refractivity contribution in [2.24, 2.45) is 0 Å². The van der Waals surface area contributed by atoms with Crippen LogP contribution in [0.5, 0.6) is 6.08 Å². The van der Waals surface area contributed by atoms with E-state index in [0.717, 1.165) is 18.3 Å². The predicted molar refractivity (Wildman–Crippen MR) is 69.6 cm³/mol. The number of nitrogens with zero attached hydrogens (tertiary/aromatic N) is 2. The Morgan fingerprint density at radius 3 is 3.00 bits per heavy atom. The molecule has 2 rings (SSSR count). The van der Waals surface area contributed by atoms with Gasteiger partial charge in [-0.15, -0.1) is 0 Å². The van der Waals surface area contributed by atoms with Crippen LogP contribution in [0.15, 0.2) is 10.7 Å². The predicted octanol–water partition coefficient (Wildman–Crippen LogP) is 1.65. The molecule has 1 N–H and O–H groups in total. The number of aromatic nitrogens is 1. The molecule has 5 heteroatoms. The normalized spacial score (nSPS) is 15.6. The SMILES string of the molecule is CC(C)NCc1coc(OCCN(C)C2CC2)n1. The molecule has 102 valence electrons. The molecule has 0 radical (unpaired) electrons. The minimum absolute atomic E-state index is 0.375. The molecule has 0 bridgehead atoms. The highest BCUT2D eigenvalue weighted by molar-refractivity contribution is 4.99. The monoisotopic (exact) mass is 253 g/mol. The third kappa shape index (κ3) is 4.31. The summed E-state index contributed by atoms with van der Waals surface area (Å²) in [5, 5.41) is 3.29. The van der Waals surface area contributed by atoms with E-state index in [9.17, 15) is 0 Å². The number of rotatable bonds is 8. The summed E-state index contributed by atoms with van der Waals surface area (Å²) in [7, 11) is 2.13. The topological polar surface area (TPSA) is 50.5 Å². The van der Waals surface area contributed by atoms with Gasteiger partial charge in [-0.05, 0) is 19.9 Å². The molecule has 0 atom stereocenters. The van der Waals surface area contributed by atoms with Gasteiger partial charge < -0.3 is 19.4 Å². The molecule has 1 aliphatic carbocycles. The average molecular weight is 253 g/mol. The number of hydrogen-bond donors (Lipinski definition) is 1. The van der Waals surface area contributed by atoms with E-state index >= 15 is 0 Å². The van der Waals surface area contributed by atoms with Gasteiger partial charge in [-0.25, -0.2) is 0 Å². The van der Waals surface area contributed by atoms with E-state index in [-0.39, 0.29) is 0 Å². The van der Waals surface area contributed by atoms with Crippen LogP contribution < -0.4 is 10.1 Å². The Hall–Kier alpha value is -1.07. The van der Waals surface area contributed by atoms with Crippen LogP contribution in [0, 0.1) is 0 Å². The van der Waals surface area contributed by atoms with Crippen LogP contribution in [-0.4, -0.2) is 42.2 Å². The van der Waals surface area contributed by atoms with Gasteiger partial charge in [-0.2, -0.15) is 4.98 Å². The van der Waals surface area contributed by atoms with Crippen molar-refractivity contribution in [3.05, 3.63) is 12.0 Å². The Balaban J connectivity index is 1.66. The Morgan fingerprint density at radius 1 is 1.56 bits per heavy atom. The van der Waals surface area contributed by atoms with Gasteiger partial charge >= 0.3 is 6.08 Å². The van der Waals surface area contributed by atoms with Gasteiger partial charge in [-0.1, -0.05) is 13.8 Å². The maximum Gasteiger partial charge on any atom is 0.393 e. The van der Waals surface area contributed by atoms with E-state index in [0.29, 0.717) is 25.3 Å². The Kier molecular flexibility index (Phi) is 4.60. The van der Waals surface area contributed by atoms with Crippen molar-refractivity contribution in [2.75, 3.05) is 20.2 Å². The standard InChI is InChI=1S/C13H23N3O2/c1-10(2)14-8-11-9-18-13(15-11)17-7-6-16(3)12-4-5-12/h9-10,12,14H,4-8H2,1-3H3. The van der Waals surface area contributed by atoms with Gasteiger partial charge in [0.25, 0.3) is 0 Å². The molecular weight excluding hydrogens is 230 g/mol. The van der Waals surface area contributed by atoms with Crippen LogP contribution in [0.2, 0.25) is 0 Å². The molecule has 0 unspecified atom stereocenters. The summed E-state index contributed by atoms with van der Waals surface area (Å²) in [6.07, 6.45) is 4.66. The lowest BCUT2D eigenvalue weighted by atomic mass is 10.4. The quantitative estimate of drug-likeness (QED) is 0.763. The van der Waals surface area contributed by atoms with Crippen molar-refractivity contribution in [2.45, 2.75) is 45.3 Å². The third-order valence-corrected chi connectivity index (χ3v) is 3.06. The first-order valence-corrected chi connectivity index (χ1v) is 6.66. The second kappa shape index (κ2) is 6.20. The number of nitrogens with one attached hydrogen (secondary N) is 1. The van der Waals surface area contributed by atoms with Gasteiger partial charge in [0, 0.05) is 25.2 Å². The molecule has 1 aromatic rings. The lowest BCUT2D eigenvalue weighted by molar-refractivity contribution is 0.188. The average Bonchev–Trinajstić information content (AvgIpc) is 3.08. The van der Waals surface area contributed by atoms with E-state index in [1.807, 2.05) is 0 Å². The number of oxazole rings is 1. The largest absolute Gasteiger partial charge is 0.449 e. The van der Waals surface area contributed by atoms with E-state index in [4.69, 9.17) is 9.15 Å². The van der Waals surface area contributed by atoms with Gasteiger partial charge in [-0.3, -0.25) is 0 Å². The Morgan fingerprint density at radius 2 is 2.33 bits per heavy atom. The van der Waals surface area contributed by atoms with E-state index in [1.54, 1.807) is 6.26 Å². The lowest BCUT2D eigenvalue weighted by Gasteiger charge is -2.14. The van der Waals surface area contributed by atoms with Crippen LogP contribution in [0.4, 0.5) is 0 Å². The minimum atomic E-state index is 0.375. The first kappa shape index (κ1) is 13.4. The minimum Gasteiger partial charge on any atom is -0.449 e. The molecule has 0 aliphatic heterocycles. The van der Waals surface area contributed by atoms with Crippen LogP contribution in [-0.2, 0) is 6.54 Å². The van der Waals surface area contributed by atoms with Crippen LogP contribution >= 0.6 is 0 Å². The van der Waals surface area contributed by atoms with E-state index < -0.39 is 0 Å². The summed E-state index contributed by atoms with van der Waals surface area (Å²) in [6, 6.07) is 1.21. The maximum absolute atomic E-state index is 5.49. The van der Waals surface area contributed by atoms with Crippen molar-refractivity contribution in [3.63, 3.8) is 0 Å².